The van der Waals surface area contributed by atoms with Crippen molar-refractivity contribution in [1.29, 1.82) is 5.41 Å². The summed E-state index contributed by atoms with van der Waals surface area (Å²) < 4.78 is 7.63. The number of carboxylic acid groups (broad SMARTS) is 1. The van der Waals surface area contributed by atoms with Crippen molar-refractivity contribution in [3.05, 3.63) is 40.9 Å². The second kappa shape index (κ2) is 11.2. The fourth-order valence-electron chi connectivity index (χ4n) is 5.92. The third-order valence-corrected chi connectivity index (χ3v) is 8.44. The van der Waals surface area contributed by atoms with Gasteiger partial charge in [-0.1, -0.05) is 43.5 Å². The van der Waals surface area contributed by atoms with E-state index in [-0.39, 0.29) is 11.7 Å². The van der Waals surface area contributed by atoms with Crippen molar-refractivity contribution >= 4 is 34.7 Å². The van der Waals surface area contributed by atoms with E-state index in [0.717, 1.165) is 25.7 Å². The number of halogens is 1. The minimum atomic E-state index is -1.38. The Morgan fingerprint density at radius 1 is 1.18 bits per heavy atom. The molecule has 1 amide bonds. The van der Waals surface area contributed by atoms with Gasteiger partial charge >= 0.3 is 6.09 Å². The van der Waals surface area contributed by atoms with Gasteiger partial charge in [0.15, 0.2) is 17.3 Å². The number of imidazole rings is 1. The number of ether oxygens (including phenoxy) is 1. The number of aliphatic hydroxyl groups is 1. The van der Waals surface area contributed by atoms with Crippen LogP contribution in [0.5, 0.6) is 0 Å². The highest BCUT2D eigenvalue weighted by Crippen LogP contribution is 2.40. The molecular weight excluding hydrogens is 520 g/mol. The molecule has 1 saturated carbocycles. The van der Waals surface area contributed by atoms with Gasteiger partial charge < -0.3 is 19.5 Å². The van der Waals surface area contributed by atoms with Crippen LogP contribution in [0.3, 0.4) is 0 Å². The zero-order valence-electron chi connectivity index (χ0n) is 22.3. The molecule has 0 radical (unpaired) electrons. The molecule has 1 aliphatic heterocycles. The number of amidine groups is 1. The van der Waals surface area contributed by atoms with Gasteiger partial charge in [0, 0.05) is 30.3 Å². The average Bonchev–Trinajstić information content (AvgIpc) is 3.28. The molecule has 208 valence electrons. The molecule has 0 bridgehead atoms. The number of aromatic nitrogens is 4. The molecule has 1 unspecified atom stereocenters. The van der Waals surface area contributed by atoms with Gasteiger partial charge in [-0.3, -0.25) is 10.7 Å². The van der Waals surface area contributed by atoms with Gasteiger partial charge in [-0.25, -0.2) is 19.7 Å². The first kappa shape index (κ1) is 27.5. The van der Waals surface area contributed by atoms with Gasteiger partial charge in [-0.2, -0.15) is 0 Å². The van der Waals surface area contributed by atoms with Crippen LogP contribution < -0.4 is 5.32 Å². The Labute approximate surface area is 232 Å². The van der Waals surface area contributed by atoms with Crippen LogP contribution in [-0.4, -0.2) is 54.9 Å². The van der Waals surface area contributed by atoms with Crippen molar-refractivity contribution < 1.29 is 19.7 Å². The van der Waals surface area contributed by atoms with E-state index in [9.17, 15) is 15.0 Å². The van der Waals surface area contributed by atoms with Crippen molar-refractivity contribution in [2.24, 2.45) is 17.8 Å². The lowest BCUT2D eigenvalue weighted by atomic mass is 9.81. The van der Waals surface area contributed by atoms with Crippen LogP contribution in [0.1, 0.15) is 64.0 Å². The molecule has 3 heterocycles. The number of fused-ring (bicyclic) bond motifs is 1. The first-order valence-electron chi connectivity index (χ1n) is 13.6. The smallest absolute Gasteiger partial charge is 0.410 e. The number of hydrogen-bond acceptors (Lipinski definition) is 7. The highest BCUT2D eigenvalue weighted by molar-refractivity contribution is 6.30. The standard InChI is InChI=1S/C28H35ClN6O4/c1-16-6-8-17(9-7-16)15-35-22-21(18-4-3-5-20(29)14-18)31-25(23(30)32-27(36)37)33-24(22)34-26(35)28(2,38)19-10-12-39-13-11-19/h3-5,14,16-17,19,38H,6-13,15H2,1-2H3,(H2,30,32)(H,36,37)/t16-,17-,28?. The van der Waals surface area contributed by atoms with Crippen molar-refractivity contribution in [3.63, 3.8) is 0 Å². The van der Waals surface area contributed by atoms with E-state index in [2.05, 4.69) is 21.5 Å². The first-order valence-corrected chi connectivity index (χ1v) is 13.9. The molecule has 5 rings (SSSR count). The van der Waals surface area contributed by atoms with E-state index in [0.29, 0.717) is 77.7 Å². The Kier molecular flexibility index (Phi) is 7.89. The lowest BCUT2D eigenvalue weighted by molar-refractivity contribution is -0.0654. The quantitative estimate of drug-likeness (QED) is 0.242. The summed E-state index contributed by atoms with van der Waals surface area (Å²) in [5.74, 6) is 1.00. The Hall–Kier alpha value is -3.08. The molecule has 1 atom stereocenters. The maximum atomic E-state index is 12.0. The summed E-state index contributed by atoms with van der Waals surface area (Å²) >= 11 is 6.36. The molecule has 11 heteroatoms. The summed E-state index contributed by atoms with van der Waals surface area (Å²) in [7, 11) is 0. The molecule has 2 aliphatic rings. The molecule has 10 nitrogen and oxygen atoms in total. The van der Waals surface area contributed by atoms with Gasteiger partial charge in [0.1, 0.15) is 22.6 Å². The molecule has 1 saturated heterocycles. The third kappa shape index (κ3) is 5.78. The van der Waals surface area contributed by atoms with Crippen LogP contribution in [-0.2, 0) is 16.9 Å². The molecule has 1 aromatic carbocycles. The van der Waals surface area contributed by atoms with Crippen LogP contribution in [0.4, 0.5) is 4.79 Å². The monoisotopic (exact) mass is 554 g/mol. The van der Waals surface area contributed by atoms with Crippen molar-refractivity contribution in [3.8, 4) is 11.3 Å². The first-order chi connectivity index (χ1) is 18.6. The number of nitrogens with zero attached hydrogens (tertiary/aromatic N) is 4. The van der Waals surface area contributed by atoms with E-state index in [1.54, 1.807) is 12.1 Å². The summed E-state index contributed by atoms with van der Waals surface area (Å²) in [5.41, 5.74) is 0.865. The van der Waals surface area contributed by atoms with E-state index in [1.165, 1.54) is 0 Å². The lowest BCUT2D eigenvalue weighted by Gasteiger charge is -2.36. The lowest BCUT2D eigenvalue weighted by Crippen LogP contribution is -2.38. The number of rotatable bonds is 6. The third-order valence-electron chi connectivity index (χ3n) is 8.20. The van der Waals surface area contributed by atoms with Crippen LogP contribution in [0.25, 0.3) is 22.4 Å². The zero-order valence-corrected chi connectivity index (χ0v) is 23.0. The normalized spacial score (nSPS) is 21.9. The average molecular weight is 555 g/mol. The number of benzene rings is 1. The van der Waals surface area contributed by atoms with Crippen molar-refractivity contribution in [2.45, 2.75) is 64.5 Å². The van der Waals surface area contributed by atoms with Gasteiger partial charge in [0.05, 0.1) is 0 Å². The number of hydrogen-bond donors (Lipinski definition) is 4. The van der Waals surface area contributed by atoms with E-state index in [4.69, 9.17) is 26.7 Å². The highest BCUT2D eigenvalue weighted by Gasteiger charge is 2.40. The van der Waals surface area contributed by atoms with Gasteiger partial charge in [0.25, 0.3) is 0 Å². The fourth-order valence-corrected chi connectivity index (χ4v) is 6.11. The Bertz CT molecular complexity index is 1380. The Balaban J connectivity index is 1.73. The van der Waals surface area contributed by atoms with Crippen molar-refractivity contribution in [1.82, 2.24) is 24.8 Å². The zero-order chi connectivity index (χ0) is 27.7. The Morgan fingerprint density at radius 2 is 1.90 bits per heavy atom. The van der Waals surface area contributed by atoms with Crippen LogP contribution in [0.2, 0.25) is 5.02 Å². The van der Waals surface area contributed by atoms with Crippen LogP contribution >= 0.6 is 11.6 Å². The minimum absolute atomic E-state index is 0.0535. The van der Waals surface area contributed by atoms with Gasteiger partial charge in [-0.05, 0) is 62.5 Å². The summed E-state index contributed by atoms with van der Waals surface area (Å²) in [6, 6.07) is 7.22. The predicted octanol–water partition coefficient (Wildman–Crippen LogP) is 5.20. The van der Waals surface area contributed by atoms with Crippen LogP contribution in [0.15, 0.2) is 24.3 Å². The second-order valence-electron chi connectivity index (χ2n) is 11.1. The summed E-state index contributed by atoms with van der Waals surface area (Å²) in [5, 5.41) is 32.0. The predicted molar refractivity (Wildman–Crippen MR) is 148 cm³/mol. The minimum Gasteiger partial charge on any atom is -0.465 e. The number of carbonyl (C=O) groups is 1. The van der Waals surface area contributed by atoms with E-state index in [1.807, 2.05) is 24.4 Å². The molecule has 2 aromatic heterocycles. The van der Waals surface area contributed by atoms with Crippen molar-refractivity contribution in [2.75, 3.05) is 13.2 Å². The SMILES string of the molecule is CC(O)(c1nc2nc(C(=N)NC(=O)O)nc(-c3cccc(Cl)c3)c2n1C[C@H]1CC[C@H](C)CC1)C1CCOCC1. The summed E-state index contributed by atoms with van der Waals surface area (Å²) in [6.45, 7) is 5.91. The molecule has 1 aliphatic carbocycles. The fraction of sp³-hybridized carbons (Fsp3) is 0.536. The molecule has 39 heavy (non-hydrogen) atoms. The second-order valence-corrected chi connectivity index (χ2v) is 11.5. The topological polar surface area (TPSA) is 146 Å². The van der Waals surface area contributed by atoms with E-state index < -0.39 is 17.5 Å². The van der Waals surface area contributed by atoms with Gasteiger partial charge in [-0.15, -0.1) is 0 Å². The Morgan fingerprint density at radius 3 is 2.56 bits per heavy atom. The summed E-state index contributed by atoms with van der Waals surface area (Å²) in [4.78, 5) is 25.3. The highest BCUT2D eigenvalue weighted by atomic mass is 35.5. The largest absolute Gasteiger partial charge is 0.465 e. The maximum Gasteiger partial charge on any atom is 0.410 e. The molecule has 4 N–H and O–H groups in total. The number of nitrogens with one attached hydrogen (secondary N) is 2. The molecule has 0 spiro atoms. The molecular formula is C28H35ClN6O4. The number of amides is 1. The maximum absolute atomic E-state index is 12.0. The molecule has 3 aromatic rings. The van der Waals surface area contributed by atoms with Gasteiger partial charge in [0.2, 0.25) is 0 Å². The summed E-state index contributed by atoms with van der Waals surface area (Å²) in [6.07, 6.45) is 4.51. The van der Waals surface area contributed by atoms with Crippen LogP contribution in [0, 0.1) is 23.2 Å². The van der Waals surface area contributed by atoms with E-state index >= 15 is 0 Å². The molecule has 2 fully saturated rings.